The van der Waals surface area contributed by atoms with Gasteiger partial charge in [-0.25, -0.2) is 13.6 Å². The zero-order valence-electron chi connectivity index (χ0n) is 20.2. The number of carbonyl (C=O) groups is 1. The molecule has 0 aliphatic carbocycles. The van der Waals surface area contributed by atoms with Gasteiger partial charge in [0.15, 0.2) is 11.6 Å². The number of ether oxygens (including phenoxy) is 2. The molecule has 2 aromatic carbocycles. The van der Waals surface area contributed by atoms with Crippen molar-refractivity contribution in [1.29, 1.82) is 0 Å². The molecule has 2 rings (SSSR count). The van der Waals surface area contributed by atoms with Crippen LogP contribution in [-0.2, 0) is 4.74 Å². The van der Waals surface area contributed by atoms with Gasteiger partial charge in [0.05, 0.1) is 24.7 Å². The molecule has 0 saturated carbocycles. The number of halogens is 5. The van der Waals surface area contributed by atoms with Crippen molar-refractivity contribution in [2.45, 2.75) is 71.4 Å². The summed E-state index contributed by atoms with van der Waals surface area (Å²) in [4.78, 5) is 12.2. The molecule has 35 heavy (non-hydrogen) atoms. The van der Waals surface area contributed by atoms with Crippen LogP contribution < -0.4 is 4.74 Å². The molecule has 0 saturated heterocycles. The van der Waals surface area contributed by atoms with Crippen molar-refractivity contribution < 1.29 is 36.2 Å². The summed E-state index contributed by atoms with van der Waals surface area (Å²) in [6.07, 6.45) is 0.384. The lowest BCUT2D eigenvalue weighted by Gasteiger charge is -2.19. The number of esters is 1. The lowest BCUT2D eigenvalue weighted by Crippen LogP contribution is -2.25. The molecular formula is C27H33F5O3. The Kier molecular flexibility index (Phi) is 11.5. The number of benzene rings is 2. The third kappa shape index (κ3) is 8.82. The zero-order chi connectivity index (χ0) is 25.8. The third-order valence-electron chi connectivity index (χ3n) is 5.80. The van der Waals surface area contributed by atoms with Crippen LogP contribution in [0.15, 0.2) is 36.4 Å². The van der Waals surface area contributed by atoms with Gasteiger partial charge in [-0.1, -0.05) is 64.2 Å². The fourth-order valence-electron chi connectivity index (χ4n) is 3.67. The Balaban J connectivity index is 1.99. The lowest BCUT2D eigenvalue weighted by atomic mass is 9.98. The lowest BCUT2D eigenvalue weighted by molar-refractivity contribution is -0.180. The van der Waals surface area contributed by atoms with E-state index in [9.17, 15) is 26.7 Å². The van der Waals surface area contributed by atoms with Gasteiger partial charge in [-0.2, -0.15) is 13.2 Å². The molecule has 0 spiro atoms. The predicted octanol–water partition coefficient (Wildman–Crippen LogP) is 8.51. The average molecular weight is 501 g/mol. The van der Waals surface area contributed by atoms with Crippen molar-refractivity contribution in [2.24, 2.45) is 5.92 Å². The summed E-state index contributed by atoms with van der Waals surface area (Å²) < 4.78 is 79.1. The van der Waals surface area contributed by atoms with Crippen LogP contribution in [-0.4, -0.2) is 25.4 Å². The van der Waals surface area contributed by atoms with Crippen LogP contribution in [0.3, 0.4) is 0 Å². The number of carbonyl (C=O) groups excluding carboxylic acids is 1. The monoisotopic (exact) mass is 500 g/mol. The highest BCUT2D eigenvalue weighted by Gasteiger charge is 2.38. The standard InChI is InChI=1S/C27H33F5O3/c1-3-5-7-8-17-34-21-12-10-19(11-13-21)22-14-15-23(25(29)24(22)28)26(33)35-18-16-20(9-6-4-2)27(30,31)32/h10-15,20H,3-9,16-18H2,1-2H3. The Morgan fingerprint density at radius 1 is 0.829 bits per heavy atom. The van der Waals surface area contributed by atoms with Gasteiger partial charge in [-0.05, 0) is 43.0 Å². The van der Waals surface area contributed by atoms with Crippen LogP contribution in [0.4, 0.5) is 22.0 Å². The fourth-order valence-corrected chi connectivity index (χ4v) is 3.67. The van der Waals surface area contributed by atoms with Gasteiger partial charge in [0, 0.05) is 5.56 Å². The molecule has 0 radical (unpaired) electrons. The smallest absolute Gasteiger partial charge is 0.391 e. The van der Waals surface area contributed by atoms with Crippen LogP contribution in [0.2, 0.25) is 0 Å². The van der Waals surface area contributed by atoms with Gasteiger partial charge in [-0.15, -0.1) is 0 Å². The first-order valence-corrected chi connectivity index (χ1v) is 12.1. The second kappa shape index (κ2) is 14.0. The second-order valence-electron chi connectivity index (χ2n) is 8.53. The molecule has 3 nitrogen and oxygen atoms in total. The highest BCUT2D eigenvalue weighted by Crippen LogP contribution is 2.33. The first kappa shape index (κ1) is 28.6. The highest BCUT2D eigenvalue weighted by molar-refractivity contribution is 5.90. The van der Waals surface area contributed by atoms with Crippen molar-refractivity contribution in [2.75, 3.05) is 13.2 Å². The van der Waals surface area contributed by atoms with E-state index in [1.54, 1.807) is 31.2 Å². The van der Waals surface area contributed by atoms with Crippen molar-refractivity contribution >= 4 is 5.97 Å². The van der Waals surface area contributed by atoms with E-state index in [1.807, 2.05) is 0 Å². The van der Waals surface area contributed by atoms with E-state index in [2.05, 4.69) is 6.92 Å². The molecule has 8 heteroatoms. The van der Waals surface area contributed by atoms with E-state index in [4.69, 9.17) is 9.47 Å². The summed E-state index contributed by atoms with van der Waals surface area (Å²) in [7, 11) is 0. The van der Waals surface area contributed by atoms with Crippen molar-refractivity contribution in [3.63, 3.8) is 0 Å². The summed E-state index contributed by atoms with van der Waals surface area (Å²) in [5.74, 6) is -4.83. The number of unbranched alkanes of at least 4 members (excludes halogenated alkanes) is 4. The van der Waals surface area contributed by atoms with Crippen LogP contribution in [0.5, 0.6) is 5.75 Å². The molecular weight excluding hydrogens is 467 g/mol. The molecule has 0 heterocycles. The summed E-state index contributed by atoms with van der Waals surface area (Å²) >= 11 is 0. The quantitative estimate of drug-likeness (QED) is 0.148. The minimum atomic E-state index is -4.41. The Hall–Kier alpha value is -2.64. The number of hydrogen-bond donors (Lipinski definition) is 0. The third-order valence-corrected chi connectivity index (χ3v) is 5.80. The van der Waals surface area contributed by atoms with E-state index < -0.39 is 48.3 Å². The molecule has 0 N–H and O–H groups in total. The van der Waals surface area contributed by atoms with Crippen molar-refractivity contribution in [1.82, 2.24) is 0 Å². The molecule has 1 unspecified atom stereocenters. The van der Waals surface area contributed by atoms with E-state index >= 15 is 0 Å². The first-order chi connectivity index (χ1) is 16.7. The molecule has 0 aliphatic rings. The van der Waals surface area contributed by atoms with Crippen LogP contribution in [0.25, 0.3) is 11.1 Å². The maximum Gasteiger partial charge on any atom is 0.391 e. The van der Waals surface area contributed by atoms with Crippen molar-refractivity contribution in [3.05, 3.63) is 53.6 Å². The van der Waals surface area contributed by atoms with Gasteiger partial charge in [0.2, 0.25) is 0 Å². The van der Waals surface area contributed by atoms with Gasteiger partial charge in [0.25, 0.3) is 0 Å². The molecule has 194 valence electrons. The van der Waals surface area contributed by atoms with Gasteiger partial charge < -0.3 is 9.47 Å². The summed E-state index contributed by atoms with van der Waals surface area (Å²) in [6, 6.07) is 8.81. The molecule has 2 aromatic rings. The topological polar surface area (TPSA) is 35.5 Å². The fraction of sp³-hybridized carbons (Fsp3) is 0.519. The number of rotatable bonds is 14. The summed E-state index contributed by atoms with van der Waals surface area (Å²) in [6.45, 7) is 3.95. The SMILES string of the molecule is CCCCCCOc1ccc(-c2ccc(C(=O)OCCC(CCCC)C(F)(F)F)c(F)c2F)cc1. The maximum absolute atomic E-state index is 14.7. The normalized spacial score (nSPS) is 12.4. The zero-order valence-corrected chi connectivity index (χ0v) is 20.2. The summed E-state index contributed by atoms with van der Waals surface area (Å²) in [5, 5.41) is 0. The largest absolute Gasteiger partial charge is 0.494 e. The van der Waals surface area contributed by atoms with Gasteiger partial charge in [-0.3, -0.25) is 0 Å². The average Bonchev–Trinajstić information content (AvgIpc) is 2.82. The minimum absolute atomic E-state index is 0.0507. The van der Waals surface area contributed by atoms with Gasteiger partial charge >= 0.3 is 12.1 Å². The molecule has 0 amide bonds. The molecule has 0 aliphatic heterocycles. The Labute approximate surface area is 203 Å². The van der Waals surface area contributed by atoms with Crippen molar-refractivity contribution in [3.8, 4) is 16.9 Å². The van der Waals surface area contributed by atoms with E-state index in [1.165, 1.54) is 6.07 Å². The molecule has 0 bridgehead atoms. The second-order valence-corrected chi connectivity index (χ2v) is 8.53. The number of hydrogen-bond acceptors (Lipinski definition) is 3. The number of alkyl halides is 3. The van der Waals surface area contributed by atoms with E-state index in [0.717, 1.165) is 31.7 Å². The molecule has 0 aromatic heterocycles. The van der Waals surface area contributed by atoms with E-state index in [-0.39, 0.29) is 12.0 Å². The van der Waals surface area contributed by atoms with Crippen LogP contribution >= 0.6 is 0 Å². The highest BCUT2D eigenvalue weighted by atomic mass is 19.4. The molecule has 0 fully saturated rings. The first-order valence-electron chi connectivity index (χ1n) is 12.1. The van der Waals surface area contributed by atoms with Crippen LogP contribution in [0, 0.1) is 17.6 Å². The summed E-state index contributed by atoms with van der Waals surface area (Å²) in [5.41, 5.74) is -0.316. The Bertz CT molecular complexity index is 926. The molecule has 1 atom stereocenters. The minimum Gasteiger partial charge on any atom is -0.494 e. The Morgan fingerprint density at radius 3 is 2.14 bits per heavy atom. The maximum atomic E-state index is 14.7. The van der Waals surface area contributed by atoms with E-state index in [0.29, 0.717) is 30.8 Å². The van der Waals surface area contributed by atoms with Crippen LogP contribution in [0.1, 0.15) is 75.6 Å². The van der Waals surface area contributed by atoms with Gasteiger partial charge in [0.1, 0.15) is 5.75 Å². The Morgan fingerprint density at radius 2 is 1.51 bits per heavy atom. The predicted molar refractivity (Wildman–Crippen MR) is 125 cm³/mol.